The highest BCUT2D eigenvalue weighted by molar-refractivity contribution is 5.82. The zero-order valence-electron chi connectivity index (χ0n) is 18.1. The second-order valence-corrected chi connectivity index (χ2v) is 9.11. The van der Waals surface area contributed by atoms with Crippen LogP contribution < -0.4 is 4.74 Å². The maximum atomic E-state index is 14.6. The van der Waals surface area contributed by atoms with E-state index >= 15 is 0 Å². The average molecular weight is 451 g/mol. The van der Waals surface area contributed by atoms with Crippen LogP contribution in [0.25, 0.3) is 0 Å². The largest absolute Gasteiger partial charge is 0.476 e. The molecule has 1 unspecified atom stereocenters. The van der Waals surface area contributed by atoms with Gasteiger partial charge in [0.15, 0.2) is 5.69 Å². The smallest absolute Gasteiger partial charge is 0.246 e. The predicted molar refractivity (Wildman–Crippen MR) is 114 cm³/mol. The van der Waals surface area contributed by atoms with Crippen molar-refractivity contribution in [1.82, 2.24) is 15.0 Å². The third-order valence-electron chi connectivity index (χ3n) is 7.20. The number of rotatable bonds is 5. The van der Waals surface area contributed by atoms with Gasteiger partial charge in [-0.2, -0.15) is 10.4 Å². The van der Waals surface area contributed by atoms with Crippen molar-refractivity contribution in [2.75, 3.05) is 6.61 Å². The summed E-state index contributed by atoms with van der Waals surface area (Å²) in [5.74, 6) is -0.0827. The van der Waals surface area contributed by atoms with Crippen LogP contribution in [-0.4, -0.2) is 33.7 Å². The van der Waals surface area contributed by atoms with Crippen molar-refractivity contribution >= 4 is 12.1 Å². The average Bonchev–Trinajstić information content (AvgIpc) is 3.28. The zero-order chi connectivity index (χ0) is 23.1. The number of nitriles is 1. The van der Waals surface area contributed by atoms with Crippen LogP contribution in [-0.2, 0) is 4.79 Å². The van der Waals surface area contributed by atoms with Crippen LogP contribution in [0.3, 0.4) is 0 Å². The van der Waals surface area contributed by atoms with E-state index in [0.29, 0.717) is 31.2 Å². The van der Waals surface area contributed by atoms with Crippen molar-refractivity contribution in [3.8, 4) is 11.9 Å². The van der Waals surface area contributed by atoms with Gasteiger partial charge in [0, 0.05) is 24.1 Å². The third kappa shape index (κ3) is 3.94. The summed E-state index contributed by atoms with van der Waals surface area (Å²) in [6.45, 7) is 1.92. The summed E-state index contributed by atoms with van der Waals surface area (Å²) in [6.07, 6.45) is 7.28. The van der Waals surface area contributed by atoms with Gasteiger partial charge in [0.25, 0.3) is 0 Å². The van der Waals surface area contributed by atoms with Crippen molar-refractivity contribution in [2.24, 2.45) is 28.8 Å². The molecule has 3 fully saturated rings. The second kappa shape index (κ2) is 8.50. The summed E-state index contributed by atoms with van der Waals surface area (Å²) in [4.78, 5) is 21.5. The number of hydrogen-bond acceptors (Lipinski definition) is 6. The molecule has 1 aromatic carbocycles. The molecule has 3 saturated carbocycles. The molecule has 7 nitrogen and oxygen atoms in total. The Morgan fingerprint density at radius 3 is 2.73 bits per heavy atom. The molecule has 1 aromatic heterocycles. The lowest BCUT2D eigenvalue weighted by Crippen LogP contribution is -2.50. The van der Waals surface area contributed by atoms with Crippen LogP contribution in [0.5, 0.6) is 5.88 Å². The van der Waals surface area contributed by atoms with Crippen LogP contribution in [0.2, 0.25) is 0 Å². The summed E-state index contributed by atoms with van der Waals surface area (Å²) in [5.41, 5.74) is 0.610. The van der Waals surface area contributed by atoms with Crippen LogP contribution in [0.1, 0.15) is 48.5 Å². The van der Waals surface area contributed by atoms with Crippen LogP contribution in [0.4, 0.5) is 8.78 Å². The van der Waals surface area contributed by atoms with Crippen molar-refractivity contribution in [2.45, 2.75) is 38.6 Å². The molecule has 33 heavy (non-hydrogen) atoms. The number of amides is 1. The van der Waals surface area contributed by atoms with E-state index < -0.39 is 17.7 Å². The minimum Gasteiger partial charge on any atom is -0.476 e. The first kappa shape index (κ1) is 21.4. The second-order valence-electron chi connectivity index (χ2n) is 9.11. The molecule has 3 atom stereocenters. The van der Waals surface area contributed by atoms with E-state index in [1.807, 2.05) is 6.07 Å². The summed E-state index contributed by atoms with van der Waals surface area (Å²) < 4.78 is 34.5. The Balaban J connectivity index is 1.27. The molecular weight excluding hydrogens is 428 g/mol. The van der Waals surface area contributed by atoms with Crippen LogP contribution in [0.15, 0.2) is 29.6 Å². The monoisotopic (exact) mass is 451 g/mol. The lowest BCUT2D eigenvalue weighted by molar-refractivity contribution is -0.148. The number of halogens is 2. The Kier molecular flexibility index (Phi) is 5.52. The number of aromatic nitrogens is 2. The van der Waals surface area contributed by atoms with E-state index in [-0.39, 0.29) is 40.5 Å². The zero-order valence-corrected chi connectivity index (χ0v) is 18.1. The Hall–Kier alpha value is -3.41. The highest BCUT2D eigenvalue weighted by atomic mass is 19.1. The van der Waals surface area contributed by atoms with E-state index in [9.17, 15) is 13.6 Å². The molecule has 0 N–H and O–H groups in total. The van der Waals surface area contributed by atoms with Crippen LogP contribution in [0, 0.1) is 53.6 Å². The van der Waals surface area contributed by atoms with E-state index in [2.05, 4.69) is 15.1 Å². The molecule has 9 heteroatoms. The Morgan fingerprint density at radius 1 is 1.18 bits per heavy atom. The van der Waals surface area contributed by atoms with Gasteiger partial charge >= 0.3 is 0 Å². The number of hydrazone groups is 1. The molecule has 1 amide bonds. The van der Waals surface area contributed by atoms with Gasteiger partial charge in [-0.15, -0.1) is 0 Å². The molecule has 170 valence electrons. The SMILES string of the molecule is Cc1cc(F)c(C2CC=NN2C(=O)[C@H]2C[C@@H](COc3cnc(C#N)cn3)C3CC2C3)cc1F. The maximum absolute atomic E-state index is 14.6. The van der Waals surface area contributed by atoms with E-state index in [1.165, 1.54) is 36.5 Å². The fraction of sp³-hybridized carbons (Fsp3) is 0.458. The number of nitrogens with zero attached hydrogens (tertiary/aromatic N) is 5. The number of carbonyl (C=O) groups is 1. The molecule has 4 aliphatic rings. The van der Waals surface area contributed by atoms with Gasteiger partial charge in [-0.05, 0) is 61.6 Å². The molecule has 0 spiro atoms. The summed E-state index contributed by atoms with van der Waals surface area (Å²) in [6, 6.07) is 3.63. The maximum Gasteiger partial charge on any atom is 0.246 e. The first-order chi connectivity index (χ1) is 15.9. The number of ether oxygens (including phenoxy) is 1. The molecule has 3 aliphatic carbocycles. The first-order valence-corrected chi connectivity index (χ1v) is 11.1. The molecule has 0 saturated heterocycles. The lowest BCUT2D eigenvalue weighted by Gasteiger charge is -2.51. The van der Waals surface area contributed by atoms with E-state index in [0.717, 1.165) is 12.8 Å². The third-order valence-corrected chi connectivity index (χ3v) is 7.20. The predicted octanol–water partition coefficient (Wildman–Crippen LogP) is 3.94. The molecule has 2 aromatic rings. The van der Waals surface area contributed by atoms with Gasteiger partial charge in [0.05, 0.1) is 25.0 Å². The normalized spacial score (nSPS) is 27.7. The number of aryl methyl sites for hydroxylation is 1. The van der Waals surface area contributed by atoms with Gasteiger partial charge in [0.1, 0.15) is 17.7 Å². The van der Waals surface area contributed by atoms with Crippen molar-refractivity contribution < 1.29 is 18.3 Å². The minimum absolute atomic E-state index is 0.138. The lowest BCUT2D eigenvalue weighted by atomic mass is 9.55. The minimum atomic E-state index is -0.631. The summed E-state index contributed by atoms with van der Waals surface area (Å²) >= 11 is 0. The van der Waals surface area contributed by atoms with Gasteiger partial charge in [-0.25, -0.2) is 23.8 Å². The van der Waals surface area contributed by atoms with Crippen LogP contribution >= 0.6 is 0 Å². The van der Waals surface area contributed by atoms with E-state index in [4.69, 9.17) is 10.00 Å². The standard InChI is InChI=1S/C24H23F2N5O2/c1-13-4-21(26)19(8-20(13)25)22-2-3-30-31(22)24(32)18-7-16(14-5-15(18)6-14)12-33-23-11-28-17(9-27)10-29-23/h3-4,8,10-11,14-16,18,22H,2,5-7,12H2,1H3/t14?,15?,16-,18-,22?/m0/s1. The summed E-state index contributed by atoms with van der Waals surface area (Å²) in [7, 11) is 0. The van der Waals surface area contributed by atoms with Crippen molar-refractivity contribution in [1.29, 1.82) is 5.26 Å². The Bertz CT molecular complexity index is 1140. The number of fused-ring (bicyclic) bond motifs is 2. The first-order valence-electron chi connectivity index (χ1n) is 11.1. The summed E-state index contributed by atoms with van der Waals surface area (Å²) in [5, 5.41) is 14.4. The fourth-order valence-electron chi connectivity index (χ4n) is 5.25. The Labute approximate surface area is 190 Å². The quantitative estimate of drug-likeness (QED) is 0.687. The molecule has 2 bridgehead atoms. The van der Waals surface area contributed by atoms with Gasteiger partial charge in [-0.1, -0.05) is 0 Å². The number of hydrogen-bond donors (Lipinski definition) is 0. The van der Waals surface area contributed by atoms with Gasteiger partial charge < -0.3 is 4.74 Å². The highest BCUT2D eigenvalue weighted by Crippen LogP contribution is 2.53. The topological polar surface area (TPSA) is 91.5 Å². The van der Waals surface area contributed by atoms with Crippen molar-refractivity contribution in [3.63, 3.8) is 0 Å². The molecular formula is C24H23F2N5O2. The molecule has 6 rings (SSSR count). The Morgan fingerprint density at radius 2 is 2.00 bits per heavy atom. The molecule has 1 aliphatic heterocycles. The van der Waals surface area contributed by atoms with Gasteiger partial charge in [-0.3, -0.25) is 4.79 Å². The molecule has 0 radical (unpaired) electrons. The van der Waals surface area contributed by atoms with Gasteiger partial charge in [0.2, 0.25) is 11.8 Å². The number of carbonyl (C=O) groups excluding carboxylic acids is 1. The molecule has 2 heterocycles. The number of benzene rings is 1. The fourth-order valence-corrected chi connectivity index (χ4v) is 5.25. The van der Waals surface area contributed by atoms with E-state index in [1.54, 1.807) is 6.21 Å². The highest BCUT2D eigenvalue weighted by Gasteiger charge is 2.50. The van der Waals surface area contributed by atoms with Crippen molar-refractivity contribution in [3.05, 3.63) is 53.0 Å².